The average molecular weight is 272 g/mol. The van der Waals surface area contributed by atoms with E-state index >= 15 is 0 Å². The van der Waals surface area contributed by atoms with Crippen molar-refractivity contribution in [1.82, 2.24) is 0 Å². The van der Waals surface area contributed by atoms with Gasteiger partial charge >= 0.3 is 0 Å². The molecule has 0 radical (unpaired) electrons. The zero-order chi connectivity index (χ0) is 14.5. The molecule has 0 aliphatic heterocycles. The molecule has 20 heavy (non-hydrogen) atoms. The average Bonchev–Trinajstić information content (AvgIpc) is 2.38. The SMILES string of the molecule is CC(C)=CCC[C@H](C)[C@@H]1CCC2(C)[C@@H]3C(C)=CC[C@H]2[C@H]13. The van der Waals surface area contributed by atoms with Crippen molar-refractivity contribution in [2.45, 2.75) is 66.7 Å². The van der Waals surface area contributed by atoms with Crippen LogP contribution in [0.2, 0.25) is 0 Å². The predicted molar refractivity (Wildman–Crippen MR) is 87.5 cm³/mol. The van der Waals surface area contributed by atoms with E-state index in [9.17, 15) is 0 Å². The van der Waals surface area contributed by atoms with Crippen LogP contribution in [0.25, 0.3) is 0 Å². The Labute approximate surface area is 125 Å². The van der Waals surface area contributed by atoms with Crippen molar-refractivity contribution >= 4 is 0 Å². The van der Waals surface area contributed by atoms with Gasteiger partial charge in [-0.25, -0.2) is 0 Å². The Kier molecular flexibility index (Phi) is 3.63. The molecule has 6 atom stereocenters. The van der Waals surface area contributed by atoms with E-state index in [0.717, 1.165) is 29.6 Å². The molecule has 4 rings (SSSR count). The third-order valence-corrected chi connectivity index (χ3v) is 7.01. The van der Waals surface area contributed by atoms with E-state index in [-0.39, 0.29) is 0 Å². The molecule has 3 saturated carbocycles. The molecule has 3 fully saturated rings. The van der Waals surface area contributed by atoms with Gasteiger partial charge in [-0.1, -0.05) is 37.1 Å². The molecule has 0 amide bonds. The van der Waals surface area contributed by atoms with E-state index in [1.54, 1.807) is 5.57 Å². The lowest BCUT2D eigenvalue weighted by Crippen LogP contribution is -2.64. The summed E-state index contributed by atoms with van der Waals surface area (Å²) in [5, 5.41) is 0. The Morgan fingerprint density at radius 2 is 2.20 bits per heavy atom. The van der Waals surface area contributed by atoms with E-state index in [0.29, 0.717) is 5.41 Å². The minimum atomic E-state index is 0.680. The first-order valence-corrected chi connectivity index (χ1v) is 8.75. The Morgan fingerprint density at radius 3 is 2.85 bits per heavy atom. The highest BCUT2D eigenvalue weighted by Crippen LogP contribution is 2.72. The summed E-state index contributed by atoms with van der Waals surface area (Å²) in [5.41, 5.74) is 3.88. The highest BCUT2D eigenvalue weighted by Gasteiger charge is 2.65. The van der Waals surface area contributed by atoms with Gasteiger partial charge in [0.25, 0.3) is 0 Å². The van der Waals surface area contributed by atoms with Gasteiger partial charge in [0, 0.05) is 0 Å². The maximum Gasteiger partial charge on any atom is -0.0115 e. The summed E-state index contributed by atoms with van der Waals surface area (Å²) >= 11 is 0. The molecule has 4 aliphatic rings. The van der Waals surface area contributed by atoms with E-state index < -0.39 is 0 Å². The molecule has 0 aromatic heterocycles. The summed E-state index contributed by atoms with van der Waals surface area (Å²) in [4.78, 5) is 0. The first kappa shape index (κ1) is 14.4. The number of hydrogen-bond acceptors (Lipinski definition) is 0. The largest absolute Gasteiger partial charge is 0.0859 e. The fourth-order valence-corrected chi connectivity index (χ4v) is 5.98. The Balaban J connectivity index is 1.68. The Bertz CT molecular complexity index is 437. The first-order valence-electron chi connectivity index (χ1n) is 8.75. The lowest BCUT2D eigenvalue weighted by Gasteiger charge is -2.70. The second-order valence-electron chi connectivity index (χ2n) is 8.39. The zero-order valence-corrected chi connectivity index (χ0v) is 14.1. The topological polar surface area (TPSA) is 0 Å². The smallest absolute Gasteiger partial charge is 0.0115 e. The summed E-state index contributed by atoms with van der Waals surface area (Å²) in [6.45, 7) is 12.0. The second kappa shape index (κ2) is 5.04. The van der Waals surface area contributed by atoms with Gasteiger partial charge in [-0.3, -0.25) is 0 Å². The molecule has 4 aliphatic carbocycles. The van der Waals surface area contributed by atoms with E-state index in [2.05, 4.69) is 46.8 Å². The van der Waals surface area contributed by atoms with Crippen molar-refractivity contribution in [3.8, 4) is 0 Å². The molecule has 0 heterocycles. The van der Waals surface area contributed by atoms with Crippen LogP contribution >= 0.6 is 0 Å². The molecule has 4 bridgehead atoms. The Morgan fingerprint density at radius 1 is 1.45 bits per heavy atom. The molecule has 1 unspecified atom stereocenters. The van der Waals surface area contributed by atoms with Gasteiger partial charge < -0.3 is 0 Å². The van der Waals surface area contributed by atoms with Crippen LogP contribution in [0.3, 0.4) is 0 Å². The lowest BCUT2D eigenvalue weighted by atomic mass is 9.34. The van der Waals surface area contributed by atoms with Gasteiger partial charge in [-0.2, -0.15) is 0 Å². The fourth-order valence-electron chi connectivity index (χ4n) is 5.98. The zero-order valence-electron chi connectivity index (χ0n) is 14.1. The molecule has 0 nitrogen and oxygen atoms in total. The van der Waals surface area contributed by atoms with Crippen molar-refractivity contribution in [3.05, 3.63) is 23.3 Å². The first-order chi connectivity index (χ1) is 9.45. The normalized spacial score (nSPS) is 43.4. The standard InChI is InChI=1S/C20H32/c1-13(2)7-6-8-14(3)16-11-12-20(5)17-10-9-15(4)19(20)18(16)17/h7,9,14,16-19H,6,8,10-12H2,1-5H3/t14-,16-,17-,18-,19+,20?/m0/s1. The van der Waals surface area contributed by atoms with E-state index in [1.165, 1.54) is 37.7 Å². The summed E-state index contributed by atoms with van der Waals surface area (Å²) in [6, 6.07) is 0. The van der Waals surface area contributed by atoms with Crippen LogP contribution in [0.5, 0.6) is 0 Å². The molecular weight excluding hydrogens is 240 g/mol. The molecule has 0 aromatic carbocycles. The number of rotatable bonds is 4. The second-order valence-corrected chi connectivity index (χ2v) is 8.39. The van der Waals surface area contributed by atoms with Crippen LogP contribution in [0, 0.1) is 35.0 Å². The van der Waals surface area contributed by atoms with Crippen LogP contribution in [-0.2, 0) is 0 Å². The van der Waals surface area contributed by atoms with Crippen molar-refractivity contribution < 1.29 is 0 Å². The molecular formula is C20H32. The van der Waals surface area contributed by atoms with Crippen molar-refractivity contribution in [2.24, 2.45) is 35.0 Å². The van der Waals surface area contributed by atoms with Crippen molar-refractivity contribution in [1.29, 1.82) is 0 Å². The number of fused-ring (bicyclic) bond motifs is 2. The maximum atomic E-state index is 2.58. The monoisotopic (exact) mass is 272 g/mol. The van der Waals surface area contributed by atoms with E-state index in [1.807, 2.05) is 0 Å². The van der Waals surface area contributed by atoms with Crippen LogP contribution in [0.15, 0.2) is 23.3 Å². The van der Waals surface area contributed by atoms with Crippen molar-refractivity contribution in [2.75, 3.05) is 0 Å². The third-order valence-electron chi connectivity index (χ3n) is 7.01. The quantitative estimate of drug-likeness (QED) is 0.551. The molecule has 0 heteroatoms. The highest BCUT2D eigenvalue weighted by molar-refractivity contribution is 5.28. The number of hydrogen-bond donors (Lipinski definition) is 0. The number of allylic oxidation sites excluding steroid dienone is 4. The third kappa shape index (κ3) is 2.02. The fraction of sp³-hybridized carbons (Fsp3) is 0.800. The predicted octanol–water partition coefficient (Wildman–Crippen LogP) is 6.00. The minimum Gasteiger partial charge on any atom is -0.0859 e. The van der Waals surface area contributed by atoms with E-state index in [4.69, 9.17) is 0 Å². The molecule has 0 saturated heterocycles. The van der Waals surface area contributed by atoms with Gasteiger partial charge in [0.2, 0.25) is 0 Å². The maximum absolute atomic E-state index is 2.58. The molecule has 0 N–H and O–H groups in total. The van der Waals surface area contributed by atoms with Gasteiger partial charge in [0.1, 0.15) is 0 Å². The van der Waals surface area contributed by atoms with Crippen LogP contribution in [0.1, 0.15) is 66.7 Å². The van der Waals surface area contributed by atoms with Gasteiger partial charge in [-0.05, 0) is 87.9 Å². The summed E-state index contributed by atoms with van der Waals surface area (Å²) in [7, 11) is 0. The molecule has 112 valence electrons. The summed E-state index contributed by atoms with van der Waals surface area (Å²) < 4.78 is 0. The Hall–Kier alpha value is -0.520. The highest BCUT2D eigenvalue weighted by atomic mass is 14.7. The van der Waals surface area contributed by atoms with Gasteiger partial charge in [-0.15, -0.1) is 0 Å². The van der Waals surface area contributed by atoms with Crippen LogP contribution in [0.4, 0.5) is 0 Å². The molecule has 0 spiro atoms. The van der Waals surface area contributed by atoms with Crippen LogP contribution < -0.4 is 0 Å². The van der Waals surface area contributed by atoms with Crippen molar-refractivity contribution in [3.63, 3.8) is 0 Å². The lowest BCUT2D eigenvalue weighted by molar-refractivity contribution is -0.183. The van der Waals surface area contributed by atoms with Gasteiger partial charge in [0.15, 0.2) is 0 Å². The minimum absolute atomic E-state index is 0.680. The summed E-state index contributed by atoms with van der Waals surface area (Å²) in [6.07, 6.45) is 12.0. The molecule has 0 aromatic rings. The summed E-state index contributed by atoms with van der Waals surface area (Å²) in [5.74, 6) is 4.89. The van der Waals surface area contributed by atoms with Crippen LogP contribution in [-0.4, -0.2) is 0 Å². The van der Waals surface area contributed by atoms with Gasteiger partial charge in [0.05, 0.1) is 0 Å².